The van der Waals surface area contributed by atoms with Gasteiger partial charge in [-0.15, -0.1) is 0 Å². The lowest BCUT2D eigenvalue weighted by Gasteiger charge is -2.10. The number of amides is 1. The third kappa shape index (κ3) is 5.90. The summed E-state index contributed by atoms with van der Waals surface area (Å²) in [5, 5.41) is 2.83. The molecule has 0 spiro atoms. The first-order chi connectivity index (χ1) is 14.5. The average Bonchev–Trinajstić information content (AvgIpc) is 2.74. The number of hydrogen-bond acceptors (Lipinski definition) is 4. The third-order valence-corrected chi connectivity index (χ3v) is 5.88. The van der Waals surface area contributed by atoms with Crippen LogP contribution < -0.4 is 10.0 Å². The third-order valence-electron chi connectivity index (χ3n) is 4.51. The molecule has 6 nitrogen and oxygen atoms in total. The number of anilines is 1. The molecule has 2 aromatic carbocycles. The van der Waals surface area contributed by atoms with Crippen molar-refractivity contribution in [2.24, 2.45) is 0 Å². The lowest BCUT2D eigenvalue weighted by atomic mass is 10.1. The number of unbranched alkanes of at least 4 members (excludes halogenated alkanes) is 1. The lowest BCUT2D eigenvalue weighted by molar-refractivity contribution is -0.120. The number of aromatic nitrogens is 1. The Kier molecular flexibility index (Phi) is 7.19. The summed E-state index contributed by atoms with van der Waals surface area (Å²) in [7, 11) is -3.79. The largest absolute Gasteiger partial charge is 0.356 e. The summed E-state index contributed by atoms with van der Waals surface area (Å²) in [6.07, 6.45) is 2.02. The van der Waals surface area contributed by atoms with Crippen LogP contribution >= 0.6 is 0 Å². The zero-order chi connectivity index (χ0) is 21.4. The molecule has 2 N–H and O–H groups in total. The maximum atomic E-state index is 12.7. The quantitative estimate of drug-likeness (QED) is 0.509. The molecule has 1 heterocycles. The molecule has 156 valence electrons. The van der Waals surface area contributed by atoms with Gasteiger partial charge in [-0.05, 0) is 41.8 Å². The second-order valence-electron chi connectivity index (χ2n) is 6.89. The van der Waals surface area contributed by atoms with E-state index in [9.17, 15) is 13.2 Å². The maximum Gasteiger partial charge on any atom is 0.263 e. The summed E-state index contributed by atoms with van der Waals surface area (Å²) in [5.74, 6) is 0.0495. The van der Waals surface area contributed by atoms with E-state index in [0.29, 0.717) is 12.2 Å². The Morgan fingerprint density at radius 3 is 2.30 bits per heavy atom. The fraction of sp³-hybridized carbons (Fsp3) is 0.217. The molecule has 0 aliphatic heterocycles. The first-order valence-corrected chi connectivity index (χ1v) is 11.4. The van der Waals surface area contributed by atoms with E-state index < -0.39 is 10.0 Å². The molecule has 1 aromatic heterocycles. The highest BCUT2D eigenvalue weighted by atomic mass is 32.2. The molecule has 0 radical (unpaired) electrons. The van der Waals surface area contributed by atoms with Crippen LogP contribution in [0.15, 0.2) is 77.7 Å². The summed E-state index contributed by atoms with van der Waals surface area (Å²) < 4.78 is 27.9. The van der Waals surface area contributed by atoms with Gasteiger partial charge in [0.2, 0.25) is 5.91 Å². The van der Waals surface area contributed by atoms with Crippen molar-refractivity contribution >= 4 is 21.7 Å². The average molecular weight is 424 g/mol. The van der Waals surface area contributed by atoms with Crippen molar-refractivity contribution in [3.63, 3.8) is 0 Å². The van der Waals surface area contributed by atoms with E-state index in [4.69, 9.17) is 0 Å². The van der Waals surface area contributed by atoms with Gasteiger partial charge in [-0.3, -0.25) is 9.52 Å². The van der Waals surface area contributed by atoms with Gasteiger partial charge in [-0.25, -0.2) is 13.4 Å². The second-order valence-corrected chi connectivity index (χ2v) is 8.57. The van der Waals surface area contributed by atoms with Crippen molar-refractivity contribution in [2.75, 3.05) is 11.3 Å². The fourth-order valence-electron chi connectivity index (χ4n) is 2.92. The minimum atomic E-state index is -3.79. The Morgan fingerprint density at radius 1 is 0.900 bits per heavy atom. The summed E-state index contributed by atoms with van der Waals surface area (Å²) in [5.41, 5.74) is 2.45. The highest BCUT2D eigenvalue weighted by molar-refractivity contribution is 7.92. The maximum absolute atomic E-state index is 12.7. The van der Waals surface area contributed by atoms with Crippen molar-refractivity contribution in [1.82, 2.24) is 10.3 Å². The molecule has 0 unspecified atom stereocenters. The van der Waals surface area contributed by atoms with Crippen LogP contribution in [0.1, 0.15) is 25.5 Å². The predicted molar refractivity (Wildman–Crippen MR) is 119 cm³/mol. The summed E-state index contributed by atoms with van der Waals surface area (Å²) in [6.45, 7) is 2.68. The Morgan fingerprint density at radius 2 is 1.60 bits per heavy atom. The van der Waals surface area contributed by atoms with Gasteiger partial charge in [-0.2, -0.15) is 0 Å². The molecule has 0 saturated heterocycles. The first kappa shape index (κ1) is 21.5. The van der Waals surface area contributed by atoms with Crippen LogP contribution in [0.2, 0.25) is 0 Å². The van der Waals surface area contributed by atoms with Gasteiger partial charge >= 0.3 is 0 Å². The highest BCUT2D eigenvalue weighted by Crippen LogP contribution is 2.22. The molecule has 0 fully saturated rings. The van der Waals surface area contributed by atoms with Crippen molar-refractivity contribution < 1.29 is 13.2 Å². The van der Waals surface area contributed by atoms with Crippen molar-refractivity contribution in [1.29, 1.82) is 0 Å². The van der Waals surface area contributed by atoms with E-state index >= 15 is 0 Å². The number of rotatable bonds is 9. The second kappa shape index (κ2) is 10.0. The van der Waals surface area contributed by atoms with E-state index in [0.717, 1.165) is 24.0 Å². The molecule has 1 amide bonds. The monoisotopic (exact) mass is 423 g/mol. The molecule has 0 bridgehead atoms. The minimum Gasteiger partial charge on any atom is -0.356 e. The molecule has 3 aromatic rings. The summed E-state index contributed by atoms with van der Waals surface area (Å²) in [4.78, 5) is 16.4. The van der Waals surface area contributed by atoms with Crippen LogP contribution in [0.5, 0.6) is 0 Å². The lowest BCUT2D eigenvalue weighted by Crippen LogP contribution is -2.26. The molecular formula is C23H25N3O3S. The first-order valence-electron chi connectivity index (χ1n) is 9.89. The van der Waals surface area contributed by atoms with E-state index in [2.05, 4.69) is 21.9 Å². The SMILES string of the molecule is CCCCNC(=O)Cc1cccc(NS(=O)(=O)c2ccc(-c3ccccc3)cc2)n1. The van der Waals surface area contributed by atoms with Gasteiger partial charge in [0, 0.05) is 6.54 Å². The van der Waals surface area contributed by atoms with Gasteiger partial charge in [0.1, 0.15) is 5.82 Å². The van der Waals surface area contributed by atoms with E-state index in [-0.39, 0.29) is 23.0 Å². The number of pyridine rings is 1. The number of nitrogens with zero attached hydrogens (tertiary/aromatic N) is 1. The molecule has 30 heavy (non-hydrogen) atoms. The normalized spacial score (nSPS) is 11.1. The fourth-order valence-corrected chi connectivity index (χ4v) is 3.92. The van der Waals surface area contributed by atoms with Crippen LogP contribution in [0.4, 0.5) is 5.82 Å². The number of sulfonamides is 1. The van der Waals surface area contributed by atoms with E-state index in [1.165, 1.54) is 0 Å². The topological polar surface area (TPSA) is 88.2 Å². The Bertz CT molecular complexity index is 1080. The van der Waals surface area contributed by atoms with Gasteiger partial charge in [0.15, 0.2) is 0 Å². The van der Waals surface area contributed by atoms with Crippen LogP contribution in [-0.2, 0) is 21.2 Å². The highest BCUT2D eigenvalue weighted by Gasteiger charge is 2.15. The van der Waals surface area contributed by atoms with E-state index in [1.54, 1.807) is 42.5 Å². The molecule has 0 aliphatic carbocycles. The van der Waals surface area contributed by atoms with Crippen molar-refractivity contribution in [3.05, 3.63) is 78.5 Å². The predicted octanol–water partition coefficient (Wildman–Crippen LogP) is 4.01. The summed E-state index contributed by atoms with van der Waals surface area (Å²) in [6, 6.07) is 21.4. The smallest absolute Gasteiger partial charge is 0.263 e. The molecule has 0 atom stereocenters. The Labute approximate surface area is 177 Å². The van der Waals surface area contributed by atoms with Gasteiger partial charge in [0.25, 0.3) is 10.0 Å². The summed E-state index contributed by atoms with van der Waals surface area (Å²) >= 11 is 0. The van der Waals surface area contributed by atoms with Gasteiger partial charge in [0.05, 0.1) is 17.0 Å². The van der Waals surface area contributed by atoms with Gasteiger partial charge < -0.3 is 5.32 Å². The van der Waals surface area contributed by atoms with Crippen LogP contribution in [0.25, 0.3) is 11.1 Å². The molecule has 3 rings (SSSR count). The van der Waals surface area contributed by atoms with Crippen LogP contribution in [0, 0.1) is 0 Å². The number of carbonyl (C=O) groups excluding carboxylic acids is 1. The van der Waals surface area contributed by atoms with Crippen molar-refractivity contribution in [2.45, 2.75) is 31.1 Å². The Balaban J connectivity index is 1.68. The molecular weight excluding hydrogens is 398 g/mol. The van der Waals surface area contributed by atoms with Crippen LogP contribution in [-0.4, -0.2) is 25.9 Å². The van der Waals surface area contributed by atoms with Crippen LogP contribution in [0.3, 0.4) is 0 Å². The van der Waals surface area contributed by atoms with E-state index in [1.807, 2.05) is 30.3 Å². The zero-order valence-corrected chi connectivity index (χ0v) is 17.7. The number of carbonyl (C=O) groups is 1. The van der Waals surface area contributed by atoms with Gasteiger partial charge in [-0.1, -0.05) is 61.9 Å². The number of hydrogen-bond donors (Lipinski definition) is 2. The van der Waals surface area contributed by atoms with Crippen molar-refractivity contribution in [3.8, 4) is 11.1 Å². The zero-order valence-electron chi connectivity index (χ0n) is 16.8. The molecule has 0 aliphatic rings. The minimum absolute atomic E-state index is 0.102. The Hall–Kier alpha value is -3.19. The molecule has 0 saturated carbocycles. The molecule has 7 heteroatoms. The standard InChI is InChI=1S/C23H25N3O3S/c1-2-3-16-24-23(27)17-20-10-7-11-22(25-20)26-30(28,29)21-14-12-19(13-15-21)18-8-5-4-6-9-18/h4-15H,2-3,16-17H2,1H3,(H,24,27)(H,25,26). The number of benzene rings is 2. The number of nitrogens with one attached hydrogen (secondary N) is 2.